The zero-order chi connectivity index (χ0) is 72.1. The van der Waals surface area contributed by atoms with Crippen LogP contribution >= 0.6 is 23.2 Å². The van der Waals surface area contributed by atoms with Gasteiger partial charge in [-0.05, 0) is 136 Å². The zero-order valence-electron chi connectivity index (χ0n) is 54.1. The number of fused-ring (bicyclic) bond motifs is 2. The molecular weight excluding hydrogens is 1350 g/mol. The second-order valence-corrected chi connectivity index (χ2v) is 25.6. The molecule has 2 unspecified atom stereocenters. The zero-order valence-corrected chi connectivity index (χ0v) is 55.7. The number of alkyl halides is 6. The van der Waals surface area contributed by atoms with E-state index in [9.17, 15) is 45.5 Å². The summed E-state index contributed by atoms with van der Waals surface area (Å²) in [5.74, 6) is -10.1. The monoisotopic (exact) mass is 1410 g/mol. The molecule has 100 heavy (non-hydrogen) atoms. The van der Waals surface area contributed by atoms with Crippen molar-refractivity contribution in [2.24, 2.45) is 11.8 Å². The quantitative estimate of drug-likeness (QED) is 0.0109. The summed E-state index contributed by atoms with van der Waals surface area (Å²) in [6.07, 6.45) is -9.98. The Kier molecular flexibility index (Phi) is 19.7. The van der Waals surface area contributed by atoms with E-state index in [1.54, 1.807) is 76.2 Å². The summed E-state index contributed by atoms with van der Waals surface area (Å²) in [6.45, 7) is 15.7. The lowest BCUT2D eigenvalue weighted by Crippen LogP contribution is -2.54. The van der Waals surface area contributed by atoms with Crippen LogP contribution in [0.25, 0.3) is 43.1 Å². The van der Waals surface area contributed by atoms with Crippen LogP contribution in [-0.2, 0) is 41.0 Å². The first-order valence-corrected chi connectivity index (χ1v) is 32.0. The molecule has 2 heterocycles. The van der Waals surface area contributed by atoms with Crippen LogP contribution in [0.3, 0.4) is 0 Å². The Bertz CT molecular complexity index is 4560. The van der Waals surface area contributed by atoms with E-state index in [1.165, 1.54) is 24.3 Å². The fourth-order valence-corrected chi connectivity index (χ4v) is 12.3. The lowest BCUT2D eigenvalue weighted by Gasteiger charge is -2.36. The number of esters is 2. The van der Waals surface area contributed by atoms with Crippen molar-refractivity contribution < 1.29 is 93.1 Å². The van der Waals surface area contributed by atoms with Crippen molar-refractivity contribution in [2.45, 2.75) is 78.8 Å². The van der Waals surface area contributed by atoms with Crippen LogP contribution in [0, 0.1) is 25.7 Å². The molecule has 516 valence electrons. The molecule has 0 aromatic heterocycles. The first-order valence-electron chi connectivity index (χ1n) is 31.2. The molecule has 9 aromatic rings. The number of hydrogen-bond donors (Lipinski definition) is 2. The second-order valence-electron chi connectivity index (χ2n) is 24.7. The summed E-state index contributed by atoms with van der Waals surface area (Å²) in [6, 6.07) is 22.1. The van der Waals surface area contributed by atoms with Gasteiger partial charge < -0.3 is 39.1 Å². The molecule has 0 saturated heterocycles. The minimum absolute atomic E-state index is 0.0234. The third-order valence-corrected chi connectivity index (χ3v) is 16.9. The van der Waals surface area contributed by atoms with Gasteiger partial charge in [0.2, 0.25) is 11.8 Å². The molecule has 0 bridgehead atoms. The summed E-state index contributed by atoms with van der Waals surface area (Å²) in [5.41, 5.74) is -1.78. The number of nitrogens with zero attached hydrogens (tertiary/aromatic N) is 2. The minimum atomic E-state index is -4.84. The summed E-state index contributed by atoms with van der Waals surface area (Å²) < 4.78 is 124. The number of benzene rings is 9. The summed E-state index contributed by atoms with van der Waals surface area (Å²) in [5, 5.41) is 3.59. The maximum absolute atomic E-state index is 16.0. The van der Waals surface area contributed by atoms with Crippen molar-refractivity contribution in [1.29, 1.82) is 0 Å². The van der Waals surface area contributed by atoms with Crippen molar-refractivity contribution in [1.82, 2.24) is 20.4 Å². The number of hydrogen-bond acceptors (Lipinski definition) is 14. The smallest absolute Gasteiger partial charge is 0.416 e. The second kappa shape index (κ2) is 27.9. The lowest BCUT2D eigenvalue weighted by molar-refractivity contribution is -0.139. The lowest BCUT2D eigenvalue weighted by atomic mass is 9.80. The molecule has 0 saturated carbocycles. The van der Waals surface area contributed by atoms with Crippen LogP contribution in [0.5, 0.6) is 46.0 Å². The molecule has 2 N–H and O–H groups in total. The Morgan fingerprint density at radius 2 is 0.690 bits per heavy atom. The predicted molar refractivity (Wildman–Crippen MR) is 359 cm³/mol. The van der Waals surface area contributed by atoms with Gasteiger partial charge in [0, 0.05) is 43.1 Å². The molecule has 2 aliphatic heterocycles. The molecule has 2 aliphatic rings. The van der Waals surface area contributed by atoms with Crippen molar-refractivity contribution in [3.8, 4) is 46.0 Å². The van der Waals surface area contributed by atoms with Gasteiger partial charge in [0.05, 0.1) is 46.5 Å². The van der Waals surface area contributed by atoms with E-state index in [1.807, 2.05) is 13.8 Å². The van der Waals surface area contributed by atoms with Crippen LogP contribution < -0.4 is 29.6 Å². The highest BCUT2D eigenvalue weighted by atomic mass is 35.5. The van der Waals surface area contributed by atoms with Crippen LogP contribution in [0.4, 0.5) is 26.3 Å². The molecule has 9 aromatic carbocycles. The Balaban J connectivity index is 1.29. The summed E-state index contributed by atoms with van der Waals surface area (Å²) in [4.78, 5) is 119. The summed E-state index contributed by atoms with van der Waals surface area (Å²) in [7, 11) is 0. The number of ether oxygens (including phenoxy) is 6. The molecule has 11 rings (SSSR count). The van der Waals surface area contributed by atoms with E-state index in [0.29, 0.717) is 0 Å². The molecule has 0 spiro atoms. The number of rotatable bonds is 24. The van der Waals surface area contributed by atoms with Crippen molar-refractivity contribution in [2.75, 3.05) is 26.3 Å². The number of carbonyl (C=O) groups excluding carboxylic acids is 8. The Morgan fingerprint density at radius 3 is 0.930 bits per heavy atom. The standard InChI is InChI=1S/C74H60Cl2F6N4O14/c1-35(2)29-51(65(87)83-25-27-95-71(93)39(7)75)85-67(89)47-31-53(97-43-17-9-37(5)10-18-43)59-60-54(98-44-19-11-38(6)12-20-44)32-48-58-50(70(92)86(68(48)90)52(30-36(3)4)66(88)84-26-28-96-72(94)40(8)76)34-56(100-46-23-15-42(16-24-46)74(80,81)82)62(64(58)60)61-55(33-49(69(85)91)57(47)63(59)61)99-45-21-13-41(14-22-45)73(77,78)79/h9-24,31-36,51-52H,7-8,25-30H2,1-6H3,(H,83,87)(H,84,88). The highest BCUT2D eigenvalue weighted by Crippen LogP contribution is 2.58. The Morgan fingerprint density at radius 1 is 0.430 bits per heavy atom. The number of imide groups is 2. The van der Waals surface area contributed by atoms with Crippen LogP contribution in [0.15, 0.2) is 145 Å². The van der Waals surface area contributed by atoms with E-state index in [-0.39, 0.29) is 137 Å². The number of amides is 6. The topological polar surface area (TPSA) is 222 Å². The first kappa shape index (κ1) is 70.6. The van der Waals surface area contributed by atoms with E-state index in [4.69, 9.17) is 51.6 Å². The van der Waals surface area contributed by atoms with Gasteiger partial charge in [-0.2, -0.15) is 26.3 Å². The van der Waals surface area contributed by atoms with Crippen molar-refractivity contribution in [3.63, 3.8) is 0 Å². The fourth-order valence-electron chi connectivity index (χ4n) is 12.2. The average molecular weight is 1410 g/mol. The first-order chi connectivity index (χ1) is 47.3. The number of nitrogens with one attached hydrogen (secondary N) is 2. The van der Waals surface area contributed by atoms with E-state index in [0.717, 1.165) is 69.5 Å². The minimum Gasteiger partial charge on any atom is -0.460 e. The molecule has 26 heteroatoms. The number of aryl methyl sites for hydroxylation is 2. The third-order valence-electron chi connectivity index (χ3n) is 16.6. The van der Waals surface area contributed by atoms with Crippen LogP contribution in [0.1, 0.15) is 104 Å². The van der Waals surface area contributed by atoms with Gasteiger partial charge in [-0.15, -0.1) is 0 Å². The predicted octanol–water partition coefficient (Wildman–Crippen LogP) is 16.4. The van der Waals surface area contributed by atoms with Crippen LogP contribution in [0.2, 0.25) is 0 Å². The number of halogens is 8. The van der Waals surface area contributed by atoms with Gasteiger partial charge in [-0.3, -0.25) is 38.6 Å². The van der Waals surface area contributed by atoms with E-state index < -0.39 is 118 Å². The van der Waals surface area contributed by atoms with Gasteiger partial charge in [-0.1, -0.05) is 99.4 Å². The Labute approximate surface area is 576 Å². The van der Waals surface area contributed by atoms with Gasteiger partial charge >= 0.3 is 24.3 Å². The van der Waals surface area contributed by atoms with E-state index in [2.05, 4.69) is 23.8 Å². The molecule has 0 radical (unpaired) electrons. The van der Waals surface area contributed by atoms with Crippen LogP contribution in [-0.4, -0.2) is 95.6 Å². The molecule has 18 nitrogen and oxygen atoms in total. The normalized spacial score (nSPS) is 13.7. The summed E-state index contributed by atoms with van der Waals surface area (Å²) >= 11 is 11.4. The number of carbonyl (C=O) groups is 8. The van der Waals surface area contributed by atoms with Gasteiger partial charge in [0.15, 0.2) is 0 Å². The highest BCUT2D eigenvalue weighted by Gasteiger charge is 2.47. The third kappa shape index (κ3) is 14.0. The highest BCUT2D eigenvalue weighted by molar-refractivity contribution is 6.45. The van der Waals surface area contributed by atoms with Crippen molar-refractivity contribution in [3.05, 3.63) is 189 Å². The molecule has 0 aliphatic carbocycles. The fraction of sp³-hybridized carbons (Fsp3) is 0.243. The van der Waals surface area contributed by atoms with Crippen molar-refractivity contribution >= 4 is 114 Å². The maximum atomic E-state index is 16.0. The molecule has 2 atom stereocenters. The maximum Gasteiger partial charge on any atom is 0.416 e. The van der Waals surface area contributed by atoms with Gasteiger partial charge in [0.25, 0.3) is 23.6 Å². The average Bonchev–Trinajstić information content (AvgIpc) is 0.671. The molecule has 0 fully saturated rings. The van der Waals surface area contributed by atoms with Gasteiger partial charge in [-0.25, -0.2) is 9.59 Å². The largest absolute Gasteiger partial charge is 0.460 e. The van der Waals surface area contributed by atoms with Gasteiger partial charge in [0.1, 0.15) is 81.4 Å². The Hall–Kier alpha value is -10.7. The van der Waals surface area contributed by atoms with E-state index >= 15 is 19.2 Å². The molecular formula is C74H60Cl2F6N4O14. The molecule has 6 amide bonds. The SMILES string of the molecule is C=C(Cl)C(=O)OCCNC(=O)C(CC(C)C)N1C(=O)c2cc(Oc3ccc(C)cc3)c3c4c(Oc5ccc(C)cc5)cc5c6c(cc(Oc7ccc(C(F)(F)F)cc7)c(c7c(Oc8ccc(C(F)(F)F)cc8)cc(c2c37)C1=O)c64)C(=O)N(C(CC(C)C)C(=O)NCCOC(=O)C(=C)Cl)C5=O.